The van der Waals surface area contributed by atoms with E-state index in [4.69, 9.17) is 4.74 Å². The Morgan fingerprint density at radius 1 is 1.27 bits per heavy atom. The van der Waals surface area contributed by atoms with Gasteiger partial charge in [0, 0.05) is 35.5 Å². The van der Waals surface area contributed by atoms with Crippen molar-refractivity contribution in [3.05, 3.63) is 11.6 Å². The summed E-state index contributed by atoms with van der Waals surface area (Å²) in [7, 11) is 0. The standard InChI is InChI=1S/C24H32O6/c1-13(25)16-11-14-10-15(26)4-7-21(14,2)24-18(30-24)12-22(3)17(20(16)24)5-8-23(22,29)9-6-19(27)28/h10,16-18,20,29H,4-9,11-12H2,1-3H3,(H,27,28)/t16-,17?,18+,20-,21-,22?,23+,24+/m0/s1. The molecule has 0 radical (unpaired) electrons. The van der Waals surface area contributed by atoms with Gasteiger partial charge >= 0.3 is 5.97 Å². The van der Waals surface area contributed by atoms with Gasteiger partial charge in [0.25, 0.3) is 0 Å². The topological polar surface area (TPSA) is 104 Å². The summed E-state index contributed by atoms with van der Waals surface area (Å²) in [6, 6.07) is 0. The van der Waals surface area contributed by atoms with Crippen molar-refractivity contribution in [1.82, 2.24) is 0 Å². The van der Waals surface area contributed by atoms with Crippen LogP contribution in [0.2, 0.25) is 0 Å². The molecular formula is C24H32O6. The summed E-state index contributed by atoms with van der Waals surface area (Å²) < 4.78 is 6.55. The van der Waals surface area contributed by atoms with Crippen LogP contribution < -0.4 is 0 Å². The van der Waals surface area contributed by atoms with Crippen LogP contribution in [-0.2, 0) is 19.1 Å². The van der Waals surface area contributed by atoms with Crippen molar-refractivity contribution in [2.24, 2.45) is 28.6 Å². The summed E-state index contributed by atoms with van der Waals surface area (Å²) >= 11 is 0. The first kappa shape index (κ1) is 20.4. The predicted molar refractivity (Wildman–Crippen MR) is 108 cm³/mol. The molecule has 5 rings (SSSR count). The third-order valence-electron chi connectivity index (χ3n) is 9.97. The van der Waals surface area contributed by atoms with Crippen LogP contribution >= 0.6 is 0 Å². The molecule has 30 heavy (non-hydrogen) atoms. The fraction of sp³-hybridized carbons (Fsp3) is 0.792. The zero-order valence-corrected chi connectivity index (χ0v) is 18.1. The first-order valence-corrected chi connectivity index (χ1v) is 11.3. The molecule has 164 valence electrons. The van der Waals surface area contributed by atoms with Gasteiger partial charge in [0.05, 0.1) is 11.7 Å². The quantitative estimate of drug-likeness (QED) is 0.683. The van der Waals surface area contributed by atoms with Gasteiger partial charge in [-0.05, 0) is 57.4 Å². The maximum absolute atomic E-state index is 12.8. The zero-order valence-electron chi connectivity index (χ0n) is 18.1. The van der Waals surface area contributed by atoms with Crippen LogP contribution in [0.5, 0.6) is 0 Å². The molecule has 4 aliphatic carbocycles. The van der Waals surface area contributed by atoms with E-state index in [0.717, 1.165) is 18.4 Å². The van der Waals surface area contributed by atoms with Gasteiger partial charge in [0.15, 0.2) is 5.78 Å². The van der Waals surface area contributed by atoms with Gasteiger partial charge in [0.2, 0.25) is 0 Å². The van der Waals surface area contributed by atoms with Crippen LogP contribution in [0.3, 0.4) is 0 Å². The normalized spacial score (nSPS) is 51.2. The fourth-order valence-electron chi connectivity index (χ4n) is 8.24. The minimum absolute atomic E-state index is 0.00737. The Kier molecular flexibility index (Phi) is 4.10. The number of carboxylic acid groups (broad SMARTS) is 1. The SMILES string of the molecule is CC(=O)[C@@H]1CC2=CC(=O)CC[C@]2(C)[C@@]23O[C@@H]2CC2(C)C(CC[C@@]2(O)CCC(=O)O)[C@H]13. The molecule has 6 heteroatoms. The summed E-state index contributed by atoms with van der Waals surface area (Å²) in [5.41, 5.74) is -1.12. The van der Waals surface area contributed by atoms with E-state index in [1.54, 1.807) is 13.0 Å². The largest absolute Gasteiger partial charge is 0.481 e. The van der Waals surface area contributed by atoms with E-state index in [9.17, 15) is 24.6 Å². The molecule has 0 aromatic rings. The molecule has 1 spiro atoms. The number of carboxylic acids is 1. The monoisotopic (exact) mass is 416 g/mol. The first-order chi connectivity index (χ1) is 14.0. The molecule has 8 atom stereocenters. The second-order valence-electron chi connectivity index (χ2n) is 11.0. The van der Waals surface area contributed by atoms with Gasteiger partial charge in [-0.1, -0.05) is 19.4 Å². The lowest BCUT2D eigenvalue weighted by Crippen LogP contribution is -2.63. The van der Waals surface area contributed by atoms with Crippen LogP contribution in [0, 0.1) is 28.6 Å². The molecule has 1 saturated heterocycles. The lowest BCUT2D eigenvalue weighted by atomic mass is 9.43. The van der Waals surface area contributed by atoms with Crippen LogP contribution in [0.15, 0.2) is 11.6 Å². The minimum Gasteiger partial charge on any atom is -0.481 e. The van der Waals surface area contributed by atoms with Crippen molar-refractivity contribution in [1.29, 1.82) is 0 Å². The summed E-state index contributed by atoms with van der Waals surface area (Å²) in [5.74, 6) is -0.725. The predicted octanol–water partition coefficient (Wildman–Crippen LogP) is 3.06. The van der Waals surface area contributed by atoms with Crippen molar-refractivity contribution < 1.29 is 29.3 Å². The molecule has 1 aliphatic heterocycles. The molecular weight excluding hydrogens is 384 g/mol. The van der Waals surface area contributed by atoms with Gasteiger partial charge in [-0.15, -0.1) is 0 Å². The van der Waals surface area contributed by atoms with Gasteiger partial charge in [-0.2, -0.15) is 0 Å². The zero-order chi connectivity index (χ0) is 21.7. The third-order valence-corrected chi connectivity index (χ3v) is 9.97. The number of ether oxygens (including phenoxy) is 1. The van der Waals surface area contributed by atoms with Crippen LogP contribution in [0.1, 0.15) is 72.1 Å². The number of hydrogen-bond acceptors (Lipinski definition) is 5. The number of ketones is 2. The Morgan fingerprint density at radius 3 is 2.67 bits per heavy atom. The fourth-order valence-corrected chi connectivity index (χ4v) is 8.24. The van der Waals surface area contributed by atoms with E-state index in [2.05, 4.69) is 13.8 Å². The van der Waals surface area contributed by atoms with Gasteiger partial charge < -0.3 is 14.9 Å². The third kappa shape index (κ3) is 2.30. The minimum atomic E-state index is -1.05. The van der Waals surface area contributed by atoms with Crippen molar-refractivity contribution in [2.75, 3.05) is 0 Å². The molecule has 0 aromatic carbocycles. The van der Waals surface area contributed by atoms with Gasteiger partial charge in [-0.3, -0.25) is 14.4 Å². The Balaban J connectivity index is 1.59. The molecule has 3 saturated carbocycles. The highest BCUT2D eigenvalue weighted by molar-refractivity contribution is 5.92. The Morgan fingerprint density at radius 2 is 2.00 bits per heavy atom. The lowest BCUT2D eigenvalue weighted by molar-refractivity contribution is -0.148. The van der Waals surface area contributed by atoms with Crippen molar-refractivity contribution in [3.8, 4) is 0 Å². The van der Waals surface area contributed by atoms with Crippen LogP contribution in [0.25, 0.3) is 0 Å². The summed E-state index contributed by atoms with van der Waals surface area (Å²) in [6.45, 7) is 5.94. The number of Topliss-reactive ketones (excluding diaryl/α,β-unsaturated/α-hetero) is 1. The second kappa shape index (κ2) is 6.04. The molecule has 0 amide bonds. The van der Waals surface area contributed by atoms with E-state index in [1.807, 2.05) is 0 Å². The lowest BCUT2D eigenvalue weighted by Gasteiger charge is -2.59. The molecule has 0 aromatic heterocycles. The van der Waals surface area contributed by atoms with Gasteiger partial charge in [-0.25, -0.2) is 0 Å². The number of hydrogen-bond donors (Lipinski definition) is 2. The summed E-state index contributed by atoms with van der Waals surface area (Å²) in [5, 5.41) is 20.8. The highest BCUT2D eigenvalue weighted by Gasteiger charge is 2.82. The molecule has 2 unspecified atom stereocenters. The first-order valence-electron chi connectivity index (χ1n) is 11.3. The molecule has 5 aliphatic rings. The van der Waals surface area contributed by atoms with E-state index >= 15 is 0 Å². The van der Waals surface area contributed by atoms with Crippen molar-refractivity contribution in [2.45, 2.75) is 89.4 Å². The van der Waals surface area contributed by atoms with E-state index in [0.29, 0.717) is 25.7 Å². The number of aliphatic hydroxyl groups is 1. The second-order valence-corrected chi connectivity index (χ2v) is 11.0. The van der Waals surface area contributed by atoms with Crippen LogP contribution in [-0.4, -0.2) is 45.1 Å². The number of rotatable bonds is 4. The smallest absolute Gasteiger partial charge is 0.303 e. The number of aliphatic carboxylic acids is 1. The van der Waals surface area contributed by atoms with E-state index < -0.39 is 22.6 Å². The molecule has 2 N–H and O–H groups in total. The Bertz CT molecular complexity index is 877. The summed E-state index contributed by atoms with van der Waals surface area (Å²) in [6.07, 6.45) is 5.81. The van der Waals surface area contributed by atoms with E-state index in [-0.39, 0.29) is 53.7 Å². The molecule has 1 heterocycles. The number of epoxide rings is 1. The van der Waals surface area contributed by atoms with Crippen molar-refractivity contribution >= 4 is 17.5 Å². The van der Waals surface area contributed by atoms with Crippen molar-refractivity contribution in [3.63, 3.8) is 0 Å². The Labute approximate surface area is 177 Å². The summed E-state index contributed by atoms with van der Waals surface area (Å²) in [4.78, 5) is 36.2. The van der Waals surface area contributed by atoms with E-state index in [1.165, 1.54) is 0 Å². The maximum atomic E-state index is 12.8. The highest BCUT2D eigenvalue weighted by Crippen LogP contribution is 2.77. The highest BCUT2D eigenvalue weighted by atomic mass is 16.6. The van der Waals surface area contributed by atoms with Crippen LogP contribution in [0.4, 0.5) is 0 Å². The number of carbonyl (C=O) groups excluding carboxylic acids is 2. The number of fused-ring (bicyclic) bond motifs is 3. The Hall–Kier alpha value is -1.53. The number of carbonyl (C=O) groups is 3. The average molecular weight is 417 g/mol. The maximum Gasteiger partial charge on any atom is 0.303 e. The van der Waals surface area contributed by atoms with Gasteiger partial charge in [0.1, 0.15) is 11.4 Å². The molecule has 6 nitrogen and oxygen atoms in total. The molecule has 0 bridgehead atoms. The molecule has 4 fully saturated rings. The average Bonchev–Trinajstić information content (AvgIpc) is 3.32.